The highest BCUT2D eigenvalue weighted by atomic mass is 16.4. The van der Waals surface area contributed by atoms with E-state index in [4.69, 9.17) is 10.8 Å². The van der Waals surface area contributed by atoms with Gasteiger partial charge in [0.1, 0.15) is 6.04 Å². The van der Waals surface area contributed by atoms with Crippen molar-refractivity contribution < 1.29 is 14.7 Å². The van der Waals surface area contributed by atoms with Gasteiger partial charge >= 0.3 is 5.97 Å². The Balaban J connectivity index is 3.32. The van der Waals surface area contributed by atoms with Gasteiger partial charge in [0, 0.05) is 6.54 Å². The minimum absolute atomic E-state index is 0.0681. The minimum Gasteiger partial charge on any atom is -0.480 e. The average Bonchev–Trinajstić information content (AvgIpc) is 2.67. The molecule has 0 saturated carbocycles. The molecule has 0 aliphatic heterocycles. The number of aliphatic carboxylic acids is 1. The third kappa shape index (κ3) is 19.4. The van der Waals surface area contributed by atoms with E-state index in [0.29, 0.717) is 19.4 Å². The number of carboxylic acid groups (broad SMARTS) is 1. The van der Waals surface area contributed by atoms with Crippen molar-refractivity contribution in [3.8, 4) is 0 Å². The molecule has 0 aromatic carbocycles. The Morgan fingerprint density at radius 1 is 0.857 bits per heavy atom. The first-order valence-electron chi connectivity index (χ1n) is 11.5. The fourth-order valence-electron chi connectivity index (χ4n) is 3.18. The van der Waals surface area contributed by atoms with Crippen LogP contribution in [0.25, 0.3) is 0 Å². The molecule has 0 radical (unpaired) electrons. The fourth-order valence-corrected chi connectivity index (χ4v) is 3.18. The summed E-state index contributed by atoms with van der Waals surface area (Å²) in [7, 11) is 0. The summed E-state index contributed by atoms with van der Waals surface area (Å²) >= 11 is 0. The smallest absolute Gasteiger partial charge is 0.320 e. The van der Waals surface area contributed by atoms with Crippen LogP contribution in [-0.4, -0.2) is 29.6 Å². The third-order valence-electron chi connectivity index (χ3n) is 5.05. The molecule has 0 aromatic heterocycles. The summed E-state index contributed by atoms with van der Waals surface area (Å²) in [4.78, 5) is 22.2. The van der Waals surface area contributed by atoms with Crippen molar-refractivity contribution >= 4 is 11.9 Å². The summed E-state index contributed by atoms with van der Waals surface area (Å²) in [5, 5.41) is 11.5. The van der Waals surface area contributed by atoms with Gasteiger partial charge in [-0.05, 0) is 38.2 Å². The van der Waals surface area contributed by atoms with Gasteiger partial charge in [-0.2, -0.15) is 0 Å². The number of carbonyl (C=O) groups excluding carboxylic acids is 1. The SMILES string of the molecule is CCCCCCCCCCCCCC/C=C/C(=O)NCCCC[C@H](N)C(=O)O. The Kier molecular flexibility index (Phi) is 19.4. The number of carboxylic acids is 1. The minimum atomic E-state index is -0.968. The second-order valence-corrected chi connectivity index (χ2v) is 7.81. The number of nitrogens with one attached hydrogen (secondary N) is 1. The number of nitrogens with two attached hydrogens (primary N) is 1. The number of carbonyl (C=O) groups is 2. The van der Waals surface area contributed by atoms with Gasteiger partial charge in [-0.15, -0.1) is 0 Å². The van der Waals surface area contributed by atoms with E-state index in [0.717, 1.165) is 19.3 Å². The number of rotatable bonds is 20. The first-order valence-corrected chi connectivity index (χ1v) is 11.5. The van der Waals surface area contributed by atoms with Crippen molar-refractivity contribution in [1.82, 2.24) is 5.32 Å². The van der Waals surface area contributed by atoms with Crippen molar-refractivity contribution in [2.24, 2.45) is 5.73 Å². The van der Waals surface area contributed by atoms with E-state index in [1.54, 1.807) is 6.08 Å². The molecule has 1 atom stereocenters. The zero-order valence-electron chi connectivity index (χ0n) is 18.1. The van der Waals surface area contributed by atoms with E-state index in [-0.39, 0.29) is 5.91 Å². The highest BCUT2D eigenvalue weighted by Gasteiger charge is 2.09. The van der Waals surface area contributed by atoms with Gasteiger partial charge in [-0.25, -0.2) is 0 Å². The van der Waals surface area contributed by atoms with E-state index in [1.165, 1.54) is 70.6 Å². The van der Waals surface area contributed by atoms with Gasteiger partial charge in [0.05, 0.1) is 0 Å². The van der Waals surface area contributed by atoms with E-state index < -0.39 is 12.0 Å². The molecule has 0 rings (SSSR count). The summed E-state index contributed by atoms with van der Waals surface area (Å²) < 4.78 is 0. The van der Waals surface area contributed by atoms with Crippen molar-refractivity contribution in [3.63, 3.8) is 0 Å². The van der Waals surface area contributed by atoms with Crippen LogP contribution in [0.4, 0.5) is 0 Å². The largest absolute Gasteiger partial charge is 0.480 e. The highest BCUT2D eigenvalue weighted by Crippen LogP contribution is 2.12. The lowest BCUT2D eigenvalue weighted by molar-refractivity contribution is -0.138. The van der Waals surface area contributed by atoms with Crippen LogP contribution >= 0.6 is 0 Å². The van der Waals surface area contributed by atoms with Crippen LogP contribution in [0.2, 0.25) is 0 Å². The molecule has 1 amide bonds. The predicted octanol–water partition coefficient (Wildman–Crippen LogP) is 5.33. The number of unbranched alkanes of at least 4 members (excludes halogenated alkanes) is 13. The molecule has 5 heteroatoms. The maximum absolute atomic E-state index is 11.7. The second-order valence-electron chi connectivity index (χ2n) is 7.81. The maximum Gasteiger partial charge on any atom is 0.320 e. The molecule has 4 N–H and O–H groups in total. The van der Waals surface area contributed by atoms with Crippen LogP contribution in [0.3, 0.4) is 0 Å². The van der Waals surface area contributed by atoms with Gasteiger partial charge in [-0.1, -0.05) is 83.6 Å². The zero-order valence-corrected chi connectivity index (χ0v) is 18.1. The molecule has 0 saturated heterocycles. The molecule has 28 heavy (non-hydrogen) atoms. The predicted molar refractivity (Wildman–Crippen MR) is 117 cm³/mol. The van der Waals surface area contributed by atoms with Gasteiger partial charge in [0.15, 0.2) is 0 Å². The standard InChI is InChI=1S/C23H44N2O3/c1-2-3-4-5-6-7-8-9-10-11-12-13-14-15-19-22(26)25-20-17-16-18-21(24)23(27)28/h15,19,21H,2-14,16-18,20,24H2,1H3,(H,25,26)(H,27,28)/b19-15+/t21-/m0/s1. The van der Waals surface area contributed by atoms with Crippen LogP contribution in [0.15, 0.2) is 12.2 Å². The molecular formula is C23H44N2O3. The molecule has 0 spiro atoms. The molecule has 0 heterocycles. The first-order chi connectivity index (χ1) is 13.6. The van der Waals surface area contributed by atoms with Crippen molar-refractivity contribution in [1.29, 1.82) is 0 Å². The van der Waals surface area contributed by atoms with Gasteiger partial charge in [-0.3, -0.25) is 9.59 Å². The lowest BCUT2D eigenvalue weighted by Crippen LogP contribution is -2.30. The van der Waals surface area contributed by atoms with Crippen LogP contribution in [0.5, 0.6) is 0 Å². The van der Waals surface area contributed by atoms with Gasteiger partial charge < -0.3 is 16.2 Å². The topological polar surface area (TPSA) is 92.4 Å². The normalized spacial score (nSPS) is 12.4. The van der Waals surface area contributed by atoms with Crippen molar-refractivity contribution in [2.45, 2.75) is 116 Å². The van der Waals surface area contributed by atoms with Gasteiger partial charge in [0.25, 0.3) is 0 Å². The lowest BCUT2D eigenvalue weighted by Gasteiger charge is -2.06. The monoisotopic (exact) mass is 396 g/mol. The average molecular weight is 397 g/mol. The van der Waals surface area contributed by atoms with Crippen LogP contribution in [-0.2, 0) is 9.59 Å². The van der Waals surface area contributed by atoms with E-state index in [9.17, 15) is 9.59 Å². The molecule has 0 fully saturated rings. The Labute approximate surface area is 172 Å². The van der Waals surface area contributed by atoms with Crippen LogP contribution in [0, 0.1) is 0 Å². The molecule has 0 aromatic rings. The summed E-state index contributed by atoms with van der Waals surface area (Å²) in [5.41, 5.74) is 5.43. The van der Waals surface area contributed by atoms with E-state index >= 15 is 0 Å². The molecule has 0 aliphatic carbocycles. The van der Waals surface area contributed by atoms with Crippen LogP contribution in [0.1, 0.15) is 110 Å². The Hall–Kier alpha value is -1.36. The number of hydrogen-bond acceptors (Lipinski definition) is 3. The number of allylic oxidation sites excluding steroid dienone is 1. The second kappa shape index (κ2) is 20.4. The van der Waals surface area contributed by atoms with Crippen LogP contribution < -0.4 is 11.1 Å². The highest BCUT2D eigenvalue weighted by molar-refractivity contribution is 5.87. The van der Waals surface area contributed by atoms with E-state index in [2.05, 4.69) is 12.2 Å². The quantitative estimate of drug-likeness (QED) is 0.191. The molecule has 0 bridgehead atoms. The summed E-state index contributed by atoms with van der Waals surface area (Å²) in [6.07, 6.45) is 22.5. The summed E-state index contributed by atoms with van der Waals surface area (Å²) in [6.45, 7) is 2.82. The Morgan fingerprint density at radius 3 is 1.93 bits per heavy atom. The van der Waals surface area contributed by atoms with Crippen molar-refractivity contribution in [3.05, 3.63) is 12.2 Å². The molecule has 0 aliphatic rings. The third-order valence-corrected chi connectivity index (χ3v) is 5.05. The van der Waals surface area contributed by atoms with E-state index in [1.807, 2.05) is 6.08 Å². The Bertz CT molecular complexity index is 411. The summed E-state index contributed by atoms with van der Waals surface area (Å²) in [5.74, 6) is -1.04. The fraction of sp³-hybridized carbons (Fsp3) is 0.826. The molecule has 164 valence electrons. The Morgan fingerprint density at radius 2 is 1.39 bits per heavy atom. The number of amides is 1. The van der Waals surface area contributed by atoms with Crippen molar-refractivity contribution in [2.75, 3.05) is 6.54 Å². The first kappa shape index (κ1) is 26.6. The summed E-state index contributed by atoms with van der Waals surface area (Å²) in [6, 6.07) is -0.800. The molecule has 0 unspecified atom stereocenters. The zero-order chi connectivity index (χ0) is 20.9. The maximum atomic E-state index is 11.7. The van der Waals surface area contributed by atoms with Gasteiger partial charge in [0.2, 0.25) is 5.91 Å². The molecular weight excluding hydrogens is 352 g/mol. The molecule has 5 nitrogen and oxygen atoms in total. The number of hydrogen-bond donors (Lipinski definition) is 3. The lowest BCUT2D eigenvalue weighted by atomic mass is 10.0.